The van der Waals surface area contributed by atoms with Crippen molar-refractivity contribution in [3.05, 3.63) is 64.7 Å². The molecule has 0 radical (unpaired) electrons. The van der Waals surface area contributed by atoms with E-state index >= 15 is 0 Å². The van der Waals surface area contributed by atoms with E-state index in [-0.39, 0.29) is 11.9 Å². The van der Waals surface area contributed by atoms with Crippen LogP contribution in [0.2, 0.25) is 0 Å². The van der Waals surface area contributed by atoms with Gasteiger partial charge in [-0.2, -0.15) is 0 Å². The number of carbonyl (C=O) groups excluding carboxylic acids is 1. The number of aryl methyl sites for hydroxylation is 3. The lowest BCUT2D eigenvalue weighted by molar-refractivity contribution is -0.121. The van der Waals surface area contributed by atoms with Crippen molar-refractivity contribution in [2.45, 2.75) is 59.4 Å². The standard InChI is InChI=1S/C25H34N2O/c1-18-6-5-15-27(17-18)24-12-10-23(11-13-24)21(4)26-25(28)14-9-22-8-7-19(2)20(3)16-22/h7-8,10-13,16,18,21H,5-6,9,14-15,17H2,1-4H3,(H,26,28)/t18-,21-/m1/s1. The number of nitrogens with zero attached hydrogens (tertiary/aromatic N) is 1. The van der Waals surface area contributed by atoms with Crippen molar-refractivity contribution in [3.63, 3.8) is 0 Å². The van der Waals surface area contributed by atoms with E-state index in [1.54, 1.807) is 0 Å². The Bertz CT molecular complexity index is 797. The predicted molar refractivity (Wildman–Crippen MR) is 118 cm³/mol. The van der Waals surface area contributed by atoms with E-state index < -0.39 is 0 Å². The highest BCUT2D eigenvalue weighted by atomic mass is 16.1. The molecule has 0 aliphatic carbocycles. The quantitative estimate of drug-likeness (QED) is 0.735. The van der Waals surface area contributed by atoms with Crippen molar-refractivity contribution in [3.8, 4) is 0 Å². The van der Waals surface area contributed by atoms with Crippen LogP contribution in [0.3, 0.4) is 0 Å². The van der Waals surface area contributed by atoms with Gasteiger partial charge in [0.15, 0.2) is 0 Å². The lowest BCUT2D eigenvalue weighted by Crippen LogP contribution is -2.34. The van der Waals surface area contributed by atoms with Gasteiger partial charge in [0.1, 0.15) is 0 Å². The van der Waals surface area contributed by atoms with Crippen LogP contribution in [-0.2, 0) is 11.2 Å². The van der Waals surface area contributed by atoms with Crippen LogP contribution in [0.25, 0.3) is 0 Å². The second-order valence-corrected chi connectivity index (χ2v) is 8.49. The largest absolute Gasteiger partial charge is 0.371 e. The third-order valence-corrected chi connectivity index (χ3v) is 6.00. The molecule has 1 saturated heterocycles. The molecule has 2 atom stereocenters. The molecule has 1 aliphatic heterocycles. The second kappa shape index (κ2) is 9.27. The van der Waals surface area contributed by atoms with E-state index in [0.29, 0.717) is 6.42 Å². The molecular weight excluding hydrogens is 344 g/mol. The molecule has 0 bridgehead atoms. The van der Waals surface area contributed by atoms with Gasteiger partial charge >= 0.3 is 0 Å². The number of rotatable bonds is 6. The van der Waals surface area contributed by atoms with Crippen molar-refractivity contribution in [2.75, 3.05) is 18.0 Å². The highest BCUT2D eigenvalue weighted by Crippen LogP contribution is 2.24. The van der Waals surface area contributed by atoms with Crippen molar-refractivity contribution in [2.24, 2.45) is 5.92 Å². The molecule has 1 amide bonds. The van der Waals surface area contributed by atoms with E-state index in [2.05, 4.69) is 80.4 Å². The monoisotopic (exact) mass is 378 g/mol. The Kier molecular flexibility index (Phi) is 6.77. The maximum Gasteiger partial charge on any atom is 0.220 e. The molecule has 2 aromatic rings. The summed E-state index contributed by atoms with van der Waals surface area (Å²) in [5.41, 5.74) is 6.27. The lowest BCUT2D eigenvalue weighted by Gasteiger charge is -2.33. The molecule has 0 aromatic heterocycles. The van der Waals surface area contributed by atoms with Gasteiger partial charge in [0.05, 0.1) is 6.04 Å². The van der Waals surface area contributed by atoms with E-state index in [0.717, 1.165) is 31.0 Å². The zero-order chi connectivity index (χ0) is 20.1. The maximum absolute atomic E-state index is 12.4. The van der Waals surface area contributed by atoms with Gasteiger partial charge in [-0.3, -0.25) is 4.79 Å². The fourth-order valence-electron chi connectivity index (χ4n) is 4.01. The average molecular weight is 379 g/mol. The molecule has 150 valence electrons. The number of benzene rings is 2. The SMILES string of the molecule is Cc1ccc(CCC(=O)N[C@H](C)c2ccc(N3CCC[C@@H](C)C3)cc2)cc1C. The van der Waals surface area contributed by atoms with Gasteiger partial charge in [0.2, 0.25) is 5.91 Å². The summed E-state index contributed by atoms with van der Waals surface area (Å²) in [7, 11) is 0. The summed E-state index contributed by atoms with van der Waals surface area (Å²) in [5, 5.41) is 3.15. The van der Waals surface area contributed by atoms with E-state index in [1.165, 1.54) is 35.2 Å². The number of carbonyl (C=O) groups is 1. The first kappa shape index (κ1) is 20.4. The summed E-state index contributed by atoms with van der Waals surface area (Å²) < 4.78 is 0. The Hall–Kier alpha value is -2.29. The third-order valence-electron chi connectivity index (χ3n) is 6.00. The Balaban J connectivity index is 1.51. The molecule has 3 nitrogen and oxygen atoms in total. The molecule has 28 heavy (non-hydrogen) atoms. The van der Waals surface area contributed by atoms with Crippen molar-refractivity contribution in [1.82, 2.24) is 5.32 Å². The fraction of sp³-hybridized carbons (Fsp3) is 0.480. The average Bonchev–Trinajstić information content (AvgIpc) is 2.69. The fourth-order valence-corrected chi connectivity index (χ4v) is 4.01. The summed E-state index contributed by atoms with van der Waals surface area (Å²) >= 11 is 0. The normalized spacial score (nSPS) is 18.0. The van der Waals surface area contributed by atoms with Crippen LogP contribution in [0.15, 0.2) is 42.5 Å². The third kappa shape index (κ3) is 5.37. The zero-order valence-electron chi connectivity index (χ0n) is 17.8. The number of nitrogens with one attached hydrogen (secondary N) is 1. The van der Waals surface area contributed by atoms with Crippen molar-refractivity contribution in [1.29, 1.82) is 0 Å². The van der Waals surface area contributed by atoms with Crippen LogP contribution >= 0.6 is 0 Å². The van der Waals surface area contributed by atoms with Crippen LogP contribution < -0.4 is 10.2 Å². The van der Waals surface area contributed by atoms with Crippen LogP contribution in [-0.4, -0.2) is 19.0 Å². The number of hydrogen-bond acceptors (Lipinski definition) is 2. The molecule has 2 aromatic carbocycles. The predicted octanol–water partition coefficient (Wildman–Crippen LogP) is 5.35. The topological polar surface area (TPSA) is 32.3 Å². The molecule has 1 N–H and O–H groups in total. The Labute approximate surface area is 170 Å². The molecule has 1 heterocycles. The van der Waals surface area contributed by atoms with Gasteiger partial charge in [-0.05, 0) is 80.3 Å². The van der Waals surface area contributed by atoms with Crippen LogP contribution in [0.1, 0.15) is 61.4 Å². The van der Waals surface area contributed by atoms with Gasteiger partial charge in [-0.1, -0.05) is 37.3 Å². The first-order valence-corrected chi connectivity index (χ1v) is 10.6. The van der Waals surface area contributed by atoms with Crippen LogP contribution in [0, 0.1) is 19.8 Å². The van der Waals surface area contributed by atoms with Gasteiger partial charge in [0, 0.05) is 25.2 Å². The maximum atomic E-state index is 12.4. The second-order valence-electron chi connectivity index (χ2n) is 8.49. The van der Waals surface area contributed by atoms with Crippen LogP contribution in [0.4, 0.5) is 5.69 Å². The number of hydrogen-bond donors (Lipinski definition) is 1. The summed E-state index contributed by atoms with van der Waals surface area (Å²) in [6.45, 7) is 10.9. The molecule has 1 aliphatic rings. The van der Waals surface area contributed by atoms with Gasteiger partial charge in [-0.25, -0.2) is 0 Å². The van der Waals surface area contributed by atoms with Crippen molar-refractivity contribution >= 4 is 11.6 Å². The first-order valence-electron chi connectivity index (χ1n) is 10.6. The summed E-state index contributed by atoms with van der Waals surface area (Å²) in [5.74, 6) is 0.878. The van der Waals surface area contributed by atoms with Gasteiger partial charge < -0.3 is 10.2 Å². The van der Waals surface area contributed by atoms with E-state index in [4.69, 9.17) is 0 Å². The minimum Gasteiger partial charge on any atom is -0.371 e. The molecule has 3 heteroatoms. The number of anilines is 1. The Morgan fingerprint density at radius 1 is 1.14 bits per heavy atom. The lowest BCUT2D eigenvalue weighted by atomic mass is 9.99. The van der Waals surface area contributed by atoms with E-state index in [1.807, 2.05) is 0 Å². The first-order chi connectivity index (χ1) is 13.4. The number of piperidine rings is 1. The molecule has 0 unspecified atom stereocenters. The minimum absolute atomic E-state index is 0.0292. The summed E-state index contributed by atoms with van der Waals surface area (Å²) in [4.78, 5) is 14.9. The highest BCUT2D eigenvalue weighted by Gasteiger charge is 2.17. The summed E-state index contributed by atoms with van der Waals surface area (Å²) in [6.07, 6.45) is 3.91. The van der Waals surface area contributed by atoms with Gasteiger partial charge in [0.25, 0.3) is 0 Å². The number of amides is 1. The molecule has 3 rings (SSSR count). The minimum atomic E-state index is 0.0292. The Morgan fingerprint density at radius 2 is 1.89 bits per heavy atom. The summed E-state index contributed by atoms with van der Waals surface area (Å²) in [6, 6.07) is 15.2. The highest BCUT2D eigenvalue weighted by molar-refractivity contribution is 5.76. The molecular formula is C25H34N2O. The van der Waals surface area contributed by atoms with Crippen molar-refractivity contribution < 1.29 is 4.79 Å². The molecule has 1 fully saturated rings. The zero-order valence-corrected chi connectivity index (χ0v) is 17.8. The molecule has 0 saturated carbocycles. The van der Waals surface area contributed by atoms with E-state index in [9.17, 15) is 4.79 Å². The van der Waals surface area contributed by atoms with Gasteiger partial charge in [-0.15, -0.1) is 0 Å². The Morgan fingerprint density at radius 3 is 2.57 bits per heavy atom. The van der Waals surface area contributed by atoms with Crippen LogP contribution in [0.5, 0.6) is 0 Å². The smallest absolute Gasteiger partial charge is 0.220 e. The molecule has 0 spiro atoms.